The third-order valence-corrected chi connectivity index (χ3v) is 7.45. The number of unbranched alkanes of at least 4 members (excludes halogenated alkanes) is 13. The first kappa shape index (κ1) is 32.5. The van der Waals surface area contributed by atoms with Crippen molar-refractivity contribution in [3.8, 4) is 0 Å². The molecule has 0 bridgehead atoms. The summed E-state index contributed by atoms with van der Waals surface area (Å²) < 4.78 is 12.1. The molecule has 0 aliphatic carbocycles. The Hall–Kier alpha value is -0.450. The van der Waals surface area contributed by atoms with Crippen LogP contribution in [0.2, 0.25) is 0 Å². The Labute approximate surface area is 205 Å². The van der Waals surface area contributed by atoms with E-state index in [1.54, 1.807) is 0 Å². The molecule has 1 atom stereocenters. The van der Waals surface area contributed by atoms with E-state index in [0.717, 1.165) is 25.7 Å². The third-order valence-electron chi connectivity index (χ3n) is 6.00. The van der Waals surface area contributed by atoms with E-state index in [2.05, 4.69) is 31.2 Å². The molecule has 0 aromatic heterocycles. The van der Waals surface area contributed by atoms with Crippen LogP contribution in [0.1, 0.15) is 116 Å². The quantitative estimate of drug-likeness (QED) is 0.0645. The van der Waals surface area contributed by atoms with Gasteiger partial charge in [0.25, 0.3) is 0 Å². The predicted molar refractivity (Wildman–Crippen MR) is 142 cm³/mol. The zero-order chi connectivity index (χ0) is 25.1. The summed E-state index contributed by atoms with van der Waals surface area (Å²) in [5.41, 5.74) is 0. The molecule has 0 aliphatic heterocycles. The molecule has 3 N–H and O–H groups in total. The first-order chi connectivity index (χ1) is 15.5. The van der Waals surface area contributed by atoms with E-state index in [1.807, 2.05) is 21.1 Å². The van der Waals surface area contributed by atoms with E-state index in [0.29, 0.717) is 10.9 Å². The molecule has 0 fully saturated rings. The maximum absolute atomic E-state index is 11.8. The zero-order valence-electron chi connectivity index (χ0n) is 22.2. The maximum atomic E-state index is 11.8. The van der Waals surface area contributed by atoms with Crippen molar-refractivity contribution in [1.82, 2.24) is 0 Å². The van der Waals surface area contributed by atoms with Gasteiger partial charge in [-0.2, -0.15) is 0 Å². The van der Waals surface area contributed by atoms with E-state index in [-0.39, 0.29) is 13.0 Å². The van der Waals surface area contributed by atoms with Gasteiger partial charge in [0, 0.05) is 0 Å². The Bertz CT molecular complexity index is 565. The Morgan fingerprint density at radius 1 is 0.667 bits per heavy atom. The largest absolute Gasteiger partial charge is 0.373 e. The van der Waals surface area contributed by atoms with Gasteiger partial charge in [-0.3, -0.25) is 4.57 Å². The minimum atomic E-state index is -4.55. The van der Waals surface area contributed by atoms with Crippen molar-refractivity contribution in [2.75, 3.05) is 27.7 Å². The maximum Gasteiger partial charge on any atom is 0.362 e. The van der Waals surface area contributed by atoms with Crippen LogP contribution in [0.3, 0.4) is 0 Å². The van der Waals surface area contributed by atoms with Gasteiger partial charge in [-0.1, -0.05) is 82.6 Å². The lowest BCUT2D eigenvalue weighted by Crippen LogP contribution is -2.49. The summed E-state index contributed by atoms with van der Waals surface area (Å²) in [4.78, 5) is 19.2. The number of likely N-dealkylation sites (N-methyl/N-ethyl adjacent to an activating group) is 1. The average molecular weight is 489 g/mol. The van der Waals surface area contributed by atoms with Gasteiger partial charge >= 0.3 is 7.60 Å². The zero-order valence-corrected chi connectivity index (χ0v) is 23.1. The van der Waals surface area contributed by atoms with Crippen LogP contribution in [0.5, 0.6) is 0 Å². The van der Waals surface area contributed by atoms with Gasteiger partial charge in [-0.15, -0.1) is 0 Å². The SMILES string of the molecule is CCC/C=C\CCCCCCC/C=C\CCCCCCCCC(O)(C[N+](C)(C)C)P(=O)(O)O. The van der Waals surface area contributed by atoms with Crippen LogP contribution in [0.4, 0.5) is 0 Å². The van der Waals surface area contributed by atoms with Gasteiger partial charge in [0.1, 0.15) is 6.54 Å². The highest BCUT2D eigenvalue weighted by atomic mass is 31.2. The number of quaternary nitrogens is 1. The van der Waals surface area contributed by atoms with E-state index < -0.39 is 12.9 Å². The minimum Gasteiger partial charge on any atom is -0.373 e. The van der Waals surface area contributed by atoms with Crippen molar-refractivity contribution >= 4 is 7.60 Å². The van der Waals surface area contributed by atoms with Gasteiger partial charge in [0.05, 0.1) is 21.1 Å². The minimum absolute atomic E-state index is 0.0559. The summed E-state index contributed by atoms with van der Waals surface area (Å²) in [6.07, 6.45) is 28.4. The second kappa shape index (κ2) is 18.8. The molecule has 0 saturated heterocycles. The number of rotatable bonds is 22. The number of allylic oxidation sites excluding steroid dienone is 4. The van der Waals surface area contributed by atoms with Crippen LogP contribution in [-0.4, -0.2) is 52.4 Å². The second-order valence-corrected chi connectivity index (χ2v) is 12.6. The van der Waals surface area contributed by atoms with Gasteiger partial charge in [-0.05, 0) is 57.8 Å². The lowest BCUT2D eigenvalue weighted by molar-refractivity contribution is -0.875. The smallest absolute Gasteiger partial charge is 0.362 e. The van der Waals surface area contributed by atoms with E-state index in [4.69, 9.17) is 0 Å². The summed E-state index contributed by atoms with van der Waals surface area (Å²) in [5, 5.41) is 8.63. The first-order valence-corrected chi connectivity index (χ1v) is 15.0. The number of aliphatic hydroxyl groups is 1. The molecule has 0 aliphatic rings. The fourth-order valence-electron chi connectivity index (χ4n) is 4.15. The highest BCUT2D eigenvalue weighted by Gasteiger charge is 2.48. The summed E-state index contributed by atoms with van der Waals surface area (Å²) in [6, 6.07) is 0. The van der Waals surface area contributed by atoms with Crippen LogP contribution in [0, 0.1) is 0 Å². The Morgan fingerprint density at radius 3 is 1.39 bits per heavy atom. The van der Waals surface area contributed by atoms with E-state index >= 15 is 0 Å². The molecule has 0 rings (SSSR count). The number of hydrogen-bond acceptors (Lipinski definition) is 2. The molecule has 0 spiro atoms. The first-order valence-electron chi connectivity index (χ1n) is 13.4. The average Bonchev–Trinajstić information content (AvgIpc) is 2.70. The topological polar surface area (TPSA) is 77.8 Å². The molecule has 196 valence electrons. The Balaban J connectivity index is 3.61. The van der Waals surface area contributed by atoms with E-state index in [1.165, 1.54) is 70.6 Å². The normalized spacial score (nSPS) is 15.0. The Morgan fingerprint density at radius 2 is 1.03 bits per heavy atom. The van der Waals surface area contributed by atoms with Crippen LogP contribution in [-0.2, 0) is 4.57 Å². The van der Waals surface area contributed by atoms with E-state index in [9.17, 15) is 19.5 Å². The van der Waals surface area contributed by atoms with Crippen molar-refractivity contribution in [2.45, 2.75) is 121 Å². The molecule has 6 heteroatoms. The van der Waals surface area contributed by atoms with Gasteiger partial charge in [0.15, 0.2) is 0 Å². The van der Waals surface area contributed by atoms with Gasteiger partial charge < -0.3 is 19.4 Å². The van der Waals surface area contributed by atoms with Crippen molar-refractivity contribution in [3.05, 3.63) is 24.3 Å². The molecule has 0 amide bonds. The van der Waals surface area contributed by atoms with Crippen molar-refractivity contribution in [1.29, 1.82) is 0 Å². The highest BCUT2D eigenvalue weighted by molar-refractivity contribution is 7.53. The number of hydrogen-bond donors (Lipinski definition) is 3. The summed E-state index contributed by atoms with van der Waals surface area (Å²) >= 11 is 0. The molecule has 0 aromatic rings. The fourth-order valence-corrected chi connectivity index (χ4v) is 5.20. The van der Waals surface area contributed by atoms with Crippen LogP contribution in [0.25, 0.3) is 0 Å². The standard InChI is InChI=1S/C27H54NO4P/c1-5-6-7-8-9-10-11-12-13-14-15-16-17-18-19-20-21-22-23-24-25-27(29,33(30,31)32)26-28(2,3)4/h7-8,16-17,29H,5-6,9-15,18-26H2,1-4H3,(H-,30,31,32)/p+1/b8-7-,17-16-. The monoisotopic (exact) mass is 488 g/mol. The third kappa shape index (κ3) is 19.5. The molecule has 0 saturated carbocycles. The van der Waals surface area contributed by atoms with Crippen molar-refractivity contribution < 1.29 is 23.9 Å². The Kier molecular flexibility index (Phi) is 18.6. The van der Waals surface area contributed by atoms with Crippen molar-refractivity contribution in [2.24, 2.45) is 0 Å². The fraction of sp³-hybridized carbons (Fsp3) is 0.852. The molecule has 33 heavy (non-hydrogen) atoms. The van der Waals surface area contributed by atoms with Crippen LogP contribution >= 0.6 is 7.60 Å². The van der Waals surface area contributed by atoms with Crippen LogP contribution < -0.4 is 0 Å². The molecule has 0 heterocycles. The molecule has 0 radical (unpaired) electrons. The lowest BCUT2D eigenvalue weighted by Gasteiger charge is -2.35. The predicted octanol–water partition coefficient (Wildman–Crippen LogP) is 7.32. The highest BCUT2D eigenvalue weighted by Crippen LogP contribution is 2.52. The molecule has 1 unspecified atom stereocenters. The summed E-state index contributed by atoms with van der Waals surface area (Å²) in [7, 11) is 0.964. The summed E-state index contributed by atoms with van der Waals surface area (Å²) in [5.74, 6) is 0. The molecule has 0 aromatic carbocycles. The van der Waals surface area contributed by atoms with Gasteiger partial charge in [0.2, 0.25) is 5.34 Å². The summed E-state index contributed by atoms with van der Waals surface area (Å²) in [6.45, 7) is 2.28. The lowest BCUT2D eigenvalue weighted by atomic mass is 10.0. The molecular weight excluding hydrogens is 433 g/mol. The van der Waals surface area contributed by atoms with Crippen LogP contribution in [0.15, 0.2) is 24.3 Å². The second-order valence-electron chi connectivity index (χ2n) is 10.7. The molecule has 5 nitrogen and oxygen atoms in total. The number of nitrogens with zero attached hydrogens (tertiary/aromatic N) is 1. The molecular formula is C27H55NO4P+. The van der Waals surface area contributed by atoms with Crippen molar-refractivity contribution in [3.63, 3.8) is 0 Å². The van der Waals surface area contributed by atoms with Gasteiger partial charge in [-0.25, -0.2) is 0 Å².